The molecular weight excluding hydrogens is 394 g/mol. The molecule has 3 rings (SSSR count). The monoisotopic (exact) mass is 431 g/mol. The van der Waals surface area contributed by atoms with Crippen LogP contribution in [0.15, 0.2) is 48.5 Å². The maximum absolute atomic E-state index is 12.3. The van der Waals surface area contributed by atoms with Crippen LogP contribution in [0.3, 0.4) is 0 Å². The fourth-order valence-electron chi connectivity index (χ4n) is 4.77. The lowest BCUT2D eigenvalue weighted by atomic mass is 9.75. The second kappa shape index (κ2) is 11.3. The van der Waals surface area contributed by atoms with E-state index in [1.54, 1.807) is 0 Å². The standard InChI is InChI=1S/C29H37NO2/c1-4-5-6-10-15-29(2,3)25-13-14-27(24-16-23(20-30)17-26(31)18-24)28(19-25)32-21-22-11-8-7-9-12-22/h7-9,11-14,19,23-24H,4-6,10,15-18,21H2,1-3H3. The first kappa shape index (κ1) is 24.1. The van der Waals surface area contributed by atoms with Crippen LogP contribution < -0.4 is 4.74 Å². The molecule has 0 heterocycles. The van der Waals surface area contributed by atoms with E-state index in [4.69, 9.17) is 4.74 Å². The van der Waals surface area contributed by atoms with Gasteiger partial charge in [0.25, 0.3) is 0 Å². The molecular formula is C29H37NO2. The maximum atomic E-state index is 12.3. The van der Waals surface area contributed by atoms with Gasteiger partial charge in [0.05, 0.1) is 12.0 Å². The van der Waals surface area contributed by atoms with Crippen LogP contribution in [-0.2, 0) is 16.8 Å². The number of nitriles is 1. The normalized spacial score (nSPS) is 18.9. The molecule has 0 saturated heterocycles. The Morgan fingerprint density at radius 2 is 1.84 bits per heavy atom. The highest BCUT2D eigenvalue weighted by atomic mass is 16.5. The summed E-state index contributed by atoms with van der Waals surface area (Å²) in [5, 5.41) is 9.43. The number of benzene rings is 2. The molecule has 2 unspecified atom stereocenters. The molecule has 0 aliphatic heterocycles. The van der Waals surface area contributed by atoms with Crippen molar-refractivity contribution in [2.24, 2.45) is 5.92 Å². The number of unbranched alkanes of at least 4 members (excludes halogenated alkanes) is 3. The van der Waals surface area contributed by atoms with Gasteiger partial charge in [-0.1, -0.05) is 88.9 Å². The Bertz CT molecular complexity index is 926. The molecule has 2 atom stereocenters. The Labute approximate surface area is 193 Å². The molecule has 0 bridgehead atoms. The molecule has 0 spiro atoms. The van der Waals surface area contributed by atoms with Gasteiger partial charge in [-0.2, -0.15) is 5.26 Å². The van der Waals surface area contributed by atoms with Gasteiger partial charge >= 0.3 is 0 Å². The average molecular weight is 432 g/mol. The van der Waals surface area contributed by atoms with Gasteiger partial charge in [0.15, 0.2) is 0 Å². The zero-order valence-electron chi connectivity index (χ0n) is 19.9. The van der Waals surface area contributed by atoms with Crippen molar-refractivity contribution in [3.8, 4) is 11.8 Å². The Morgan fingerprint density at radius 3 is 2.56 bits per heavy atom. The molecule has 3 nitrogen and oxygen atoms in total. The van der Waals surface area contributed by atoms with Gasteiger partial charge < -0.3 is 4.74 Å². The molecule has 32 heavy (non-hydrogen) atoms. The van der Waals surface area contributed by atoms with Crippen molar-refractivity contribution in [1.82, 2.24) is 0 Å². The SMILES string of the molecule is CCCCCCC(C)(C)c1ccc(C2CC(=O)CC(C#N)C2)c(OCc2ccccc2)c1. The minimum absolute atomic E-state index is 0.0494. The van der Waals surface area contributed by atoms with Gasteiger partial charge in [0.1, 0.15) is 18.1 Å². The average Bonchev–Trinajstić information content (AvgIpc) is 2.80. The van der Waals surface area contributed by atoms with Gasteiger partial charge in [-0.25, -0.2) is 0 Å². The molecule has 1 fully saturated rings. The minimum Gasteiger partial charge on any atom is -0.489 e. The van der Waals surface area contributed by atoms with E-state index in [-0.39, 0.29) is 23.0 Å². The Kier molecular flexibility index (Phi) is 8.51. The number of rotatable bonds is 10. The van der Waals surface area contributed by atoms with Gasteiger partial charge in [-0.3, -0.25) is 4.79 Å². The molecule has 1 aliphatic carbocycles. The predicted octanol–water partition coefficient (Wildman–Crippen LogP) is 7.49. The topological polar surface area (TPSA) is 50.1 Å². The number of ketones is 1. The quantitative estimate of drug-likeness (QED) is 0.366. The zero-order chi connectivity index (χ0) is 23.0. The van der Waals surface area contributed by atoms with Crippen molar-refractivity contribution in [3.63, 3.8) is 0 Å². The van der Waals surface area contributed by atoms with E-state index in [2.05, 4.69) is 57.2 Å². The van der Waals surface area contributed by atoms with Gasteiger partial charge in [0, 0.05) is 12.8 Å². The van der Waals surface area contributed by atoms with E-state index >= 15 is 0 Å². The fraction of sp³-hybridized carbons (Fsp3) is 0.517. The highest BCUT2D eigenvalue weighted by Crippen LogP contribution is 2.41. The summed E-state index contributed by atoms with van der Waals surface area (Å²) in [5.74, 6) is 0.901. The molecule has 170 valence electrons. The van der Waals surface area contributed by atoms with E-state index < -0.39 is 0 Å². The summed E-state index contributed by atoms with van der Waals surface area (Å²) in [5.41, 5.74) is 3.53. The highest BCUT2D eigenvalue weighted by Gasteiger charge is 2.31. The lowest BCUT2D eigenvalue weighted by molar-refractivity contribution is -0.121. The second-order valence-corrected chi connectivity index (χ2v) is 9.93. The molecule has 1 saturated carbocycles. The summed E-state index contributed by atoms with van der Waals surface area (Å²) in [7, 11) is 0. The smallest absolute Gasteiger partial charge is 0.134 e. The number of nitrogens with zero attached hydrogens (tertiary/aromatic N) is 1. The number of carbonyl (C=O) groups excluding carboxylic acids is 1. The summed E-state index contributed by atoms with van der Waals surface area (Å²) >= 11 is 0. The summed E-state index contributed by atoms with van der Waals surface area (Å²) in [6, 6.07) is 19.1. The third-order valence-corrected chi connectivity index (χ3v) is 6.83. The van der Waals surface area contributed by atoms with Crippen LogP contribution in [-0.4, -0.2) is 5.78 Å². The first-order valence-electron chi connectivity index (χ1n) is 12.2. The van der Waals surface area contributed by atoms with Crippen molar-refractivity contribution in [3.05, 3.63) is 65.2 Å². The summed E-state index contributed by atoms with van der Waals surface area (Å²) in [6.45, 7) is 7.36. The van der Waals surface area contributed by atoms with Crippen LogP contribution in [0.4, 0.5) is 0 Å². The lowest BCUT2D eigenvalue weighted by Gasteiger charge is -2.30. The molecule has 3 heteroatoms. The lowest BCUT2D eigenvalue weighted by Crippen LogP contribution is -2.22. The van der Waals surface area contributed by atoms with Crippen LogP contribution in [0, 0.1) is 17.2 Å². The third kappa shape index (κ3) is 6.45. The largest absolute Gasteiger partial charge is 0.489 e. The molecule has 1 aliphatic rings. The zero-order valence-corrected chi connectivity index (χ0v) is 19.9. The molecule has 2 aromatic rings. The molecule has 0 amide bonds. The minimum atomic E-state index is -0.196. The van der Waals surface area contributed by atoms with Crippen LogP contribution in [0.1, 0.15) is 94.7 Å². The van der Waals surface area contributed by atoms with E-state index in [0.29, 0.717) is 19.4 Å². The number of ether oxygens (including phenoxy) is 1. The predicted molar refractivity (Wildman–Crippen MR) is 130 cm³/mol. The first-order chi connectivity index (χ1) is 15.4. The van der Waals surface area contributed by atoms with E-state index in [0.717, 1.165) is 29.7 Å². The van der Waals surface area contributed by atoms with Gasteiger partial charge in [-0.15, -0.1) is 0 Å². The number of hydrogen-bond acceptors (Lipinski definition) is 3. The van der Waals surface area contributed by atoms with Crippen molar-refractivity contribution < 1.29 is 9.53 Å². The fourth-order valence-corrected chi connectivity index (χ4v) is 4.77. The van der Waals surface area contributed by atoms with Crippen molar-refractivity contribution in [1.29, 1.82) is 5.26 Å². The first-order valence-corrected chi connectivity index (χ1v) is 12.2. The Balaban J connectivity index is 1.86. The van der Waals surface area contributed by atoms with Gasteiger partial charge in [-0.05, 0) is 46.9 Å². The second-order valence-electron chi connectivity index (χ2n) is 9.93. The molecule has 0 aromatic heterocycles. The number of hydrogen-bond donors (Lipinski definition) is 0. The Hall–Kier alpha value is -2.60. The van der Waals surface area contributed by atoms with E-state index in [9.17, 15) is 10.1 Å². The van der Waals surface area contributed by atoms with E-state index in [1.807, 2.05) is 18.2 Å². The summed E-state index contributed by atoms with van der Waals surface area (Å²) in [6.07, 6.45) is 7.79. The Morgan fingerprint density at radius 1 is 1.06 bits per heavy atom. The van der Waals surface area contributed by atoms with Gasteiger partial charge in [0.2, 0.25) is 0 Å². The van der Waals surface area contributed by atoms with Crippen LogP contribution in [0.5, 0.6) is 5.75 Å². The van der Waals surface area contributed by atoms with E-state index in [1.165, 1.54) is 31.2 Å². The summed E-state index contributed by atoms with van der Waals surface area (Å²) < 4.78 is 6.37. The molecule has 0 N–H and O–H groups in total. The van der Waals surface area contributed by atoms with Crippen molar-refractivity contribution in [2.75, 3.05) is 0 Å². The van der Waals surface area contributed by atoms with Crippen LogP contribution in [0.2, 0.25) is 0 Å². The van der Waals surface area contributed by atoms with Crippen LogP contribution in [0.25, 0.3) is 0 Å². The van der Waals surface area contributed by atoms with Crippen molar-refractivity contribution >= 4 is 5.78 Å². The third-order valence-electron chi connectivity index (χ3n) is 6.83. The summed E-state index contributed by atoms with van der Waals surface area (Å²) in [4.78, 5) is 12.3. The molecule has 2 aromatic carbocycles. The number of carbonyl (C=O) groups is 1. The van der Waals surface area contributed by atoms with Crippen LogP contribution >= 0.6 is 0 Å². The molecule has 0 radical (unpaired) electrons. The number of Topliss-reactive ketones (excluding diaryl/α,β-unsaturated/α-hetero) is 1. The highest BCUT2D eigenvalue weighted by molar-refractivity contribution is 5.81. The van der Waals surface area contributed by atoms with Crippen molar-refractivity contribution in [2.45, 2.75) is 90.1 Å². The maximum Gasteiger partial charge on any atom is 0.134 e.